The Balaban J connectivity index is 2.56. The van der Waals surface area contributed by atoms with Crippen LogP contribution in [0.3, 0.4) is 0 Å². The van der Waals surface area contributed by atoms with Crippen LogP contribution in [0.25, 0.3) is 0 Å². The highest BCUT2D eigenvalue weighted by molar-refractivity contribution is 5.24. The van der Waals surface area contributed by atoms with E-state index in [1.54, 1.807) is 0 Å². The fourth-order valence-corrected chi connectivity index (χ4v) is 1.56. The first-order valence-corrected chi connectivity index (χ1v) is 5.97. The second-order valence-corrected chi connectivity index (χ2v) is 5.01. The minimum Gasteiger partial charge on any atom is -0.389 e. The highest BCUT2D eigenvalue weighted by Crippen LogP contribution is 2.14. The van der Waals surface area contributed by atoms with E-state index < -0.39 is 5.60 Å². The number of hydrogen-bond donors (Lipinski definition) is 2. The Morgan fingerprint density at radius 2 is 1.81 bits per heavy atom. The third-order valence-corrected chi connectivity index (χ3v) is 2.73. The van der Waals surface area contributed by atoms with Crippen LogP contribution in [0, 0.1) is 0 Å². The zero-order valence-electron chi connectivity index (χ0n) is 10.7. The van der Waals surface area contributed by atoms with Crippen molar-refractivity contribution in [2.75, 3.05) is 6.54 Å². The number of rotatable bonds is 5. The zero-order valence-corrected chi connectivity index (χ0v) is 10.7. The summed E-state index contributed by atoms with van der Waals surface area (Å²) in [4.78, 5) is 0. The third-order valence-electron chi connectivity index (χ3n) is 2.73. The topological polar surface area (TPSA) is 32.3 Å². The van der Waals surface area contributed by atoms with Gasteiger partial charge in [-0.25, -0.2) is 0 Å². The normalized spacial score (nSPS) is 13.8. The molecule has 0 spiro atoms. The number of aliphatic hydroxyl groups is 1. The molecule has 90 valence electrons. The first-order valence-electron chi connectivity index (χ1n) is 5.97. The molecule has 2 nitrogen and oxygen atoms in total. The molecule has 1 unspecified atom stereocenters. The van der Waals surface area contributed by atoms with Crippen LogP contribution in [0.5, 0.6) is 0 Å². The average molecular weight is 221 g/mol. The molecule has 0 saturated carbocycles. The van der Waals surface area contributed by atoms with Gasteiger partial charge in [-0.2, -0.15) is 0 Å². The Labute approximate surface area is 98.7 Å². The van der Waals surface area contributed by atoms with Gasteiger partial charge in [-0.3, -0.25) is 0 Å². The highest BCUT2D eigenvalue weighted by atomic mass is 16.3. The third kappa shape index (κ3) is 4.33. The maximum atomic E-state index is 9.63. The van der Waals surface area contributed by atoms with Crippen molar-refractivity contribution in [2.45, 2.75) is 45.8 Å². The number of benzene rings is 1. The van der Waals surface area contributed by atoms with E-state index in [1.165, 1.54) is 11.1 Å². The van der Waals surface area contributed by atoms with Crippen molar-refractivity contribution in [1.82, 2.24) is 5.32 Å². The van der Waals surface area contributed by atoms with Crippen molar-refractivity contribution in [3.63, 3.8) is 0 Å². The van der Waals surface area contributed by atoms with Gasteiger partial charge in [0.25, 0.3) is 0 Å². The average Bonchev–Trinajstić information content (AvgIpc) is 2.25. The first kappa shape index (κ1) is 13.2. The van der Waals surface area contributed by atoms with Gasteiger partial charge in [-0.15, -0.1) is 0 Å². The van der Waals surface area contributed by atoms with E-state index in [2.05, 4.69) is 43.4 Å². The lowest BCUT2D eigenvalue weighted by Gasteiger charge is -2.22. The van der Waals surface area contributed by atoms with Crippen molar-refractivity contribution in [1.29, 1.82) is 0 Å². The highest BCUT2D eigenvalue weighted by Gasteiger charge is 2.14. The molecule has 0 radical (unpaired) electrons. The molecule has 0 aliphatic rings. The SMILES string of the molecule is CCc1ccc(C(C)NCC(C)(C)O)cc1. The summed E-state index contributed by atoms with van der Waals surface area (Å²) in [5, 5.41) is 13.0. The molecule has 0 bridgehead atoms. The van der Waals surface area contributed by atoms with Crippen molar-refractivity contribution >= 4 is 0 Å². The summed E-state index contributed by atoms with van der Waals surface area (Å²) in [6.07, 6.45) is 1.08. The van der Waals surface area contributed by atoms with E-state index >= 15 is 0 Å². The van der Waals surface area contributed by atoms with E-state index in [-0.39, 0.29) is 6.04 Å². The Kier molecular flexibility index (Phi) is 4.51. The van der Waals surface area contributed by atoms with Gasteiger partial charge in [0.2, 0.25) is 0 Å². The summed E-state index contributed by atoms with van der Waals surface area (Å²) < 4.78 is 0. The van der Waals surface area contributed by atoms with Crippen LogP contribution >= 0.6 is 0 Å². The molecule has 1 atom stereocenters. The molecule has 0 aliphatic heterocycles. The van der Waals surface area contributed by atoms with Crippen LogP contribution in [0.15, 0.2) is 24.3 Å². The fourth-order valence-electron chi connectivity index (χ4n) is 1.56. The quantitative estimate of drug-likeness (QED) is 0.801. The molecule has 0 fully saturated rings. The van der Waals surface area contributed by atoms with Crippen molar-refractivity contribution in [3.8, 4) is 0 Å². The van der Waals surface area contributed by atoms with Gasteiger partial charge in [-0.05, 0) is 38.3 Å². The van der Waals surface area contributed by atoms with E-state index in [0.29, 0.717) is 6.54 Å². The van der Waals surface area contributed by atoms with Gasteiger partial charge < -0.3 is 10.4 Å². The number of hydrogen-bond acceptors (Lipinski definition) is 2. The molecule has 0 heterocycles. The minimum absolute atomic E-state index is 0.275. The predicted octanol–water partition coefficient (Wildman–Crippen LogP) is 2.67. The maximum absolute atomic E-state index is 9.63. The van der Waals surface area contributed by atoms with Crippen LogP contribution in [-0.2, 0) is 6.42 Å². The van der Waals surface area contributed by atoms with Gasteiger partial charge in [0.15, 0.2) is 0 Å². The predicted molar refractivity (Wildman–Crippen MR) is 68.5 cm³/mol. The lowest BCUT2D eigenvalue weighted by Crippen LogP contribution is -2.36. The second-order valence-electron chi connectivity index (χ2n) is 5.01. The van der Waals surface area contributed by atoms with Gasteiger partial charge in [-0.1, -0.05) is 31.2 Å². The van der Waals surface area contributed by atoms with E-state index in [4.69, 9.17) is 0 Å². The minimum atomic E-state index is -0.655. The van der Waals surface area contributed by atoms with Gasteiger partial charge in [0, 0.05) is 12.6 Å². The van der Waals surface area contributed by atoms with E-state index in [9.17, 15) is 5.11 Å². The van der Waals surface area contributed by atoms with Crippen LogP contribution in [-0.4, -0.2) is 17.3 Å². The maximum Gasteiger partial charge on any atom is 0.0715 e. The Hall–Kier alpha value is -0.860. The van der Waals surface area contributed by atoms with Crippen LogP contribution in [0.1, 0.15) is 44.9 Å². The Morgan fingerprint density at radius 1 is 1.25 bits per heavy atom. The molecule has 0 amide bonds. The smallest absolute Gasteiger partial charge is 0.0715 e. The molecule has 1 aromatic rings. The summed E-state index contributed by atoms with van der Waals surface area (Å²) in [6.45, 7) is 8.50. The molecule has 1 rings (SSSR count). The summed E-state index contributed by atoms with van der Waals surface area (Å²) in [5.74, 6) is 0. The molecular weight excluding hydrogens is 198 g/mol. The van der Waals surface area contributed by atoms with Crippen molar-refractivity contribution < 1.29 is 5.11 Å². The van der Waals surface area contributed by atoms with E-state index in [1.807, 2.05) is 13.8 Å². The monoisotopic (exact) mass is 221 g/mol. The zero-order chi connectivity index (χ0) is 12.2. The summed E-state index contributed by atoms with van der Waals surface area (Å²) in [6, 6.07) is 8.91. The lowest BCUT2D eigenvalue weighted by atomic mass is 10.0. The molecule has 2 heteroatoms. The van der Waals surface area contributed by atoms with Gasteiger partial charge >= 0.3 is 0 Å². The lowest BCUT2D eigenvalue weighted by molar-refractivity contribution is 0.0770. The molecule has 0 saturated heterocycles. The van der Waals surface area contributed by atoms with Crippen LogP contribution < -0.4 is 5.32 Å². The molecular formula is C14H23NO. The number of nitrogens with one attached hydrogen (secondary N) is 1. The standard InChI is InChI=1S/C14H23NO/c1-5-12-6-8-13(9-7-12)11(2)15-10-14(3,4)16/h6-9,11,15-16H,5,10H2,1-4H3. The molecule has 0 aliphatic carbocycles. The van der Waals surface area contributed by atoms with Crippen LogP contribution in [0.4, 0.5) is 0 Å². The van der Waals surface area contributed by atoms with Gasteiger partial charge in [0.1, 0.15) is 0 Å². The Morgan fingerprint density at radius 3 is 2.25 bits per heavy atom. The fraction of sp³-hybridized carbons (Fsp3) is 0.571. The largest absolute Gasteiger partial charge is 0.389 e. The van der Waals surface area contributed by atoms with Crippen molar-refractivity contribution in [3.05, 3.63) is 35.4 Å². The molecule has 16 heavy (non-hydrogen) atoms. The van der Waals surface area contributed by atoms with E-state index in [0.717, 1.165) is 6.42 Å². The summed E-state index contributed by atoms with van der Waals surface area (Å²) >= 11 is 0. The van der Waals surface area contributed by atoms with Crippen molar-refractivity contribution in [2.24, 2.45) is 0 Å². The van der Waals surface area contributed by atoms with Crippen LogP contribution in [0.2, 0.25) is 0 Å². The second kappa shape index (κ2) is 5.46. The molecule has 0 aromatic heterocycles. The molecule has 1 aromatic carbocycles. The number of aryl methyl sites for hydroxylation is 1. The Bertz CT molecular complexity index is 311. The molecule has 2 N–H and O–H groups in total. The van der Waals surface area contributed by atoms with Gasteiger partial charge in [0.05, 0.1) is 5.60 Å². The summed E-state index contributed by atoms with van der Waals surface area (Å²) in [7, 11) is 0. The summed E-state index contributed by atoms with van der Waals surface area (Å²) in [5.41, 5.74) is 1.97. The first-order chi connectivity index (χ1) is 7.42.